The zero-order chi connectivity index (χ0) is 19.1. The Morgan fingerprint density at radius 2 is 2.11 bits per heavy atom. The maximum Gasteiger partial charge on any atom is 0.343 e. The highest BCUT2D eigenvalue weighted by molar-refractivity contribution is 5.84. The van der Waals surface area contributed by atoms with Crippen LogP contribution in [-0.2, 0) is 26.4 Å². The van der Waals surface area contributed by atoms with Crippen molar-refractivity contribution in [1.82, 2.24) is 20.4 Å². The third kappa shape index (κ3) is 4.46. The van der Waals surface area contributed by atoms with Gasteiger partial charge >= 0.3 is 5.97 Å². The number of piperidine rings is 1. The van der Waals surface area contributed by atoms with Crippen molar-refractivity contribution in [3.05, 3.63) is 48.3 Å². The van der Waals surface area contributed by atoms with E-state index in [-0.39, 0.29) is 12.5 Å². The van der Waals surface area contributed by atoms with Gasteiger partial charge in [0.25, 0.3) is 0 Å². The van der Waals surface area contributed by atoms with E-state index in [2.05, 4.69) is 20.5 Å². The maximum atomic E-state index is 13.0. The van der Waals surface area contributed by atoms with Crippen LogP contribution in [0, 0.1) is 0 Å². The summed E-state index contributed by atoms with van der Waals surface area (Å²) in [5, 5.41) is 10.6. The van der Waals surface area contributed by atoms with Crippen LogP contribution >= 0.6 is 0 Å². The number of ether oxygens (including phenoxy) is 2. The predicted molar refractivity (Wildman–Crippen MR) is 98.1 cm³/mol. The number of esters is 1. The normalized spacial score (nSPS) is 15.7. The molecule has 27 heavy (non-hydrogen) atoms. The Balaban J connectivity index is 1.65. The lowest BCUT2D eigenvalue weighted by molar-refractivity contribution is -0.142. The number of methoxy groups -OCH3 is 1. The van der Waals surface area contributed by atoms with Gasteiger partial charge in [0.05, 0.1) is 7.11 Å². The van der Waals surface area contributed by atoms with Crippen molar-refractivity contribution in [2.75, 3.05) is 26.8 Å². The van der Waals surface area contributed by atoms with E-state index in [0.717, 1.165) is 18.7 Å². The summed E-state index contributed by atoms with van der Waals surface area (Å²) in [4.78, 5) is 24.2. The lowest BCUT2D eigenvalue weighted by atomic mass is 9.87. The molecule has 1 amide bonds. The second-order valence-corrected chi connectivity index (χ2v) is 6.43. The van der Waals surface area contributed by atoms with E-state index in [0.29, 0.717) is 25.1 Å². The number of aromatic nitrogens is 2. The Labute approximate surface area is 157 Å². The second-order valence-electron chi connectivity index (χ2n) is 6.43. The molecule has 0 atom stereocenters. The predicted octanol–water partition coefficient (Wildman–Crippen LogP) is 0.830. The van der Waals surface area contributed by atoms with Crippen LogP contribution in [0.1, 0.15) is 18.4 Å². The summed E-state index contributed by atoms with van der Waals surface area (Å²) < 4.78 is 11.7. The van der Waals surface area contributed by atoms with Crippen molar-refractivity contribution in [3.63, 3.8) is 0 Å². The first-order valence-corrected chi connectivity index (χ1v) is 8.92. The fourth-order valence-corrected chi connectivity index (χ4v) is 3.22. The molecule has 1 aromatic heterocycles. The van der Waals surface area contributed by atoms with Crippen LogP contribution in [0.3, 0.4) is 0 Å². The molecule has 0 aliphatic carbocycles. The summed E-state index contributed by atoms with van der Waals surface area (Å²) in [7, 11) is 1.31. The molecule has 2 aromatic rings. The van der Waals surface area contributed by atoms with E-state index in [9.17, 15) is 9.59 Å². The Morgan fingerprint density at radius 1 is 1.30 bits per heavy atom. The molecule has 144 valence electrons. The number of nitrogens with zero attached hydrogens (tertiary/aromatic N) is 2. The molecule has 0 saturated carbocycles. The molecule has 3 rings (SSSR count). The van der Waals surface area contributed by atoms with Crippen LogP contribution in [0.4, 0.5) is 0 Å². The molecule has 0 unspecified atom stereocenters. The average Bonchev–Trinajstić information content (AvgIpc) is 3.26. The van der Waals surface area contributed by atoms with Crippen molar-refractivity contribution < 1.29 is 19.1 Å². The van der Waals surface area contributed by atoms with Gasteiger partial charge in [0.15, 0.2) is 6.61 Å². The van der Waals surface area contributed by atoms with E-state index in [1.54, 1.807) is 23.0 Å². The van der Waals surface area contributed by atoms with Gasteiger partial charge in [0.2, 0.25) is 5.91 Å². The molecule has 1 saturated heterocycles. The summed E-state index contributed by atoms with van der Waals surface area (Å²) in [6.45, 7) is 1.75. The summed E-state index contributed by atoms with van der Waals surface area (Å²) in [6.07, 6.45) is 4.90. The highest BCUT2D eigenvalue weighted by Gasteiger charge is 2.41. The largest absolute Gasteiger partial charge is 0.482 e. The van der Waals surface area contributed by atoms with Crippen molar-refractivity contribution in [1.29, 1.82) is 0 Å². The maximum absolute atomic E-state index is 13.0. The molecule has 0 spiro atoms. The van der Waals surface area contributed by atoms with Gasteiger partial charge in [-0.2, -0.15) is 5.10 Å². The monoisotopic (exact) mass is 372 g/mol. The molecule has 1 fully saturated rings. The number of nitrogens with one attached hydrogen (secondary N) is 2. The van der Waals surface area contributed by atoms with Gasteiger partial charge < -0.3 is 20.1 Å². The van der Waals surface area contributed by atoms with E-state index < -0.39 is 11.5 Å². The van der Waals surface area contributed by atoms with Crippen LogP contribution in [0.25, 0.3) is 0 Å². The van der Waals surface area contributed by atoms with Crippen molar-refractivity contribution in [3.8, 4) is 5.75 Å². The number of hydrogen-bond acceptors (Lipinski definition) is 6. The number of carbonyl (C=O) groups is 2. The third-order valence-electron chi connectivity index (χ3n) is 4.73. The topological polar surface area (TPSA) is 94.5 Å². The van der Waals surface area contributed by atoms with Gasteiger partial charge in [0.1, 0.15) is 11.3 Å². The van der Waals surface area contributed by atoms with Crippen molar-refractivity contribution in [2.24, 2.45) is 0 Å². The molecule has 2 N–H and O–H groups in total. The highest BCUT2D eigenvalue weighted by atomic mass is 16.6. The molecule has 8 nitrogen and oxygen atoms in total. The number of carbonyl (C=O) groups excluding carboxylic acids is 2. The standard InChI is InChI=1S/C19H24N4O4/c1-26-17(24)14-27-16-5-2-4-15(12-16)13-21-18(25)19(6-9-20-10-7-19)23-11-3-8-22-23/h2-5,8,11-12,20H,6-7,9-10,13-14H2,1H3,(H,21,25). The Kier molecular flexibility index (Phi) is 6.08. The fourth-order valence-electron chi connectivity index (χ4n) is 3.22. The minimum absolute atomic E-state index is 0.0476. The summed E-state index contributed by atoms with van der Waals surface area (Å²) in [5.74, 6) is 0.0603. The first-order valence-electron chi connectivity index (χ1n) is 8.92. The van der Waals surface area contributed by atoms with Crippen molar-refractivity contribution in [2.45, 2.75) is 24.9 Å². The number of benzene rings is 1. The summed E-state index contributed by atoms with van der Waals surface area (Å²) in [6, 6.07) is 9.11. The van der Waals surface area contributed by atoms with Gasteiger partial charge in [-0.3, -0.25) is 9.48 Å². The zero-order valence-corrected chi connectivity index (χ0v) is 15.3. The molecule has 1 aliphatic rings. The first-order chi connectivity index (χ1) is 13.1. The van der Waals surface area contributed by atoms with Crippen molar-refractivity contribution >= 4 is 11.9 Å². The fraction of sp³-hybridized carbons (Fsp3) is 0.421. The molecule has 1 aliphatic heterocycles. The molecule has 1 aromatic carbocycles. The molecule has 0 radical (unpaired) electrons. The second kappa shape index (κ2) is 8.68. The molecular formula is C19H24N4O4. The smallest absolute Gasteiger partial charge is 0.343 e. The number of rotatable bonds is 7. The van der Waals surface area contributed by atoms with Crippen LogP contribution in [0.2, 0.25) is 0 Å². The quantitative estimate of drug-likeness (QED) is 0.699. The van der Waals surface area contributed by atoms with Gasteiger partial charge in [-0.05, 0) is 49.7 Å². The molecule has 0 bridgehead atoms. The Morgan fingerprint density at radius 3 is 2.81 bits per heavy atom. The van der Waals surface area contributed by atoms with Gasteiger partial charge in [-0.1, -0.05) is 12.1 Å². The minimum atomic E-state index is -0.673. The number of hydrogen-bond donors (Lipinski definition) is 2. The van der Waals surface area contributed by atoms with E-state index in [4.69, 9.17) is 4.74 Å². The lowest BCUT2D eigenvalue weighted by Crippen LogP contribution is -2.54. The van der Waals surface area contributed by atoms with E-state index >= 15 is 0 Å². The SMILES string of the molecule is COC(=O)COc1cccc(CNC(=O)C2(n3cccn3)CCNCC2)c1. The molecule has 2 heterocycles. The van der Waals surface area contributed by atoms with Crippen LogP contribution in [0.15, 0.2) is 42.7 Å². The average molecular weight is 372 g/mol. The summed E-state index contributed by atoms with van der Waals surface area (Å²) in [5.41, 5.74) is 0.212. The lowest BCUT2D eigenvalue weighted by Gasteiger charge is -2.36. The Bertz CT molecular complexity index is 770. The molecule has 8 heteroatoms. The van der Waals surface area contributed by atoms with E-state index in [1.807, 2.05) is 24.4 Å². The van der Waals surface area contributed by atoms with Crippen LogP contribution in [0.5, 0.6) is 5.75 Å². The zero-order valence-electron chi connectivity index (χ0n) is 15.3. The van der Waals surface area contributed by atoms with Gasteiger partial charge in [-0.25, -0.2) is 4.79 Å². The summed E-state index contributed by atoms with van der Waals surface area (Å²) >= 11 is 0. The van der Waals surface area contributed by atoms with Gasteiger partial charge in [0, 0.05) is 18.9 Å². The van der Waals surface area contributed by atoms with Gasteiger partial charge in [-0.15, -0.1) is 0 Å². The Hall–Kier alpha value is -2.87. The van der Waals surface area contributed by atoms with Crippen LogP contribution in [-0.4, -0.2) is 48.5 Å². The first kappa shape index (κ1) is 18.9. The highest BCUT2D eigenvalue weighted by Crippen LogP contribution is 2.27. The van der Waals surface area contributed by atoms with E-state index in [1.165, 1.54) is 7.11 Å². The molecular weight excluding hydrogens is 348 g/mol. The van der Waals surface area contributed by atoms with Crippen LogP contribution < -0.4 is 15.4 Å². The third-order valence-corrected chi connectivity index (χ3v) is 4.73. The number of amides is 1. The minimum Gasteiger partial charge on any atom is -0.482 e.